The van der Waals surface area contributed by atoms with Crippen LogP contribution in [0.25, 0.3) is 5.69 Å². The Morgan fingerprint density at radius 2 is 1.77 bits per heavy atom. The van der Waals surface area contributed by atoms with Crippen molar-refractivity contribution in [3.05, 3.63) is 70.7 Å². The summed E-state index contributed by atoms with van der Waals surface area (Å²) >= 11 is 0. The average molecular weight is 295 g/mol. The lowest BCUT2D eigenvalue weighted by Crippen LogP contribution is -2.19. The third kappa shape index (κ3) is 2.46. The monoisotopic (exact) mass is 295 g/mol. The molecule has 0 radical (unpaired) electrons. The molecule has 1 aromatic carbocycles. The minimum atomic E-state index is -0.586. The number of aromatic nitrogens is 2. The molecule has 5 heteroatoms. The summed E-state index contributed by atoms with van der Waals surface area (Å²) in [5.41, 5.74) is 2.49. The van der Waals surface area contributed by atoms with Crippen LogP contribution >= 0.6 is 0 Å². The van der Waals surface area contributed by atoms with Gasteiger partial charge in [0.25, 0.3) is 5.56 Å². The van der Waals surface area contributed by atoms with Gasteiger partial charge in [-0.3, -0.25) is 9.48 Å². The third-order valence-corrected chi connectivity index (χ3v) is 3.69. The van der Waals surface area contributed by atoms with E-state index in [1.807, 2.05) is 44.3 Å². The highest BCUT2D eigenvalue weighted by molar-refractivity contribution is 6.06. The van der Waals surface area contributed by atoms with Crippen molar-refractivity contribution in [1.82, 2.24) is 9.36 Å². The Morgan fingerprint density at radius 1 is 1.14 bits per heavy atom. The number of aliphatic hydroxyl groups is 1. The van der Waals surface area contributed by atoms with Gasteiger partial charge in [0.2, 0.25) is 0 Å². The van der Waals surface area contributed by atoms with E-state index in [1.165, 1.54) is 0 Å². The minimum absolute atomic E-state index is 0.161. The molecule has 0 amide bonds. The normalized spacial score (nSPS) is 17.0. The van der Waals surface area contributed by atoms with Gasteiger partial charge in [0.05, 0.1) is 23.2 Å². The van der Waals surface area contributed by atoms with E-state index >= 15 is 0 Å². The largest absolute Gasteiger partial charge is 0.385 e. The molecule has 1 N–H and O–H groups in total. The maximum Gasteiger partial charge on any atom is 0.297 e. The SMILES string of the molecule is Cc1c(N=C2C=CC(O)C=C2)c(=O)n(-c2ccccc2)n1C. The first-order valence-corrected chi connectivity index (χ1v) is 7.05. The van der Waals surface area contributed by atoms with Crippen molar-refractivity contribution in [2.45, 2.75) is 13.0 Å². The Labute approximate surface area is 128 Å². The molecule has 3 rings (SSSR count). The molecule has 0 saturated heterocycles. The van der Waals surface area contributed by atoms with E-state index in [1.54, 1.807) is 33.7 Å². The Kier molecular flexibility index (Phi) is 3.65. The number of rotatable bonds is 2. The zero-order valence-electron chi connectivity index (χ0n) is 12.5. The number of nitrogens with zero attached hydrogens (tertiary/aromatic N) is 3. The van der Waals surface area contributed by atoms with Gasteiger partial charge in [-0.05, 0) is 31.2 Å². The van der Waals surface area contributed by atoms with Crippen LogP contribution in [0.15, 0.2) is 64.4 Å². The summed E-state index contributed by atoms with van der Waals surface area (Å²) in [6.45, 7) is 1.87. The average Bonchev–Trinajstić information content (AvgIpc) is 2.74. The van der Waals surface area contributed by atoms with Crippen molar-refractivity contribution in [2.24, 2.45) is 12.0 Å². The van der Waals surface area contributed by atoms with E-state index < -0.39 is 6.10 Å². The highest BCUT2D eigenvalue weighted by Gasteiger charge is 2.16. The van der Waals surface area contributed by atoms with Gasteiger partial charge in [-0.25, -0.2) is 9.67 Å². The smallest absolute Gasteiger partial charge is 0.297 e. The number of hydrogen-bond donors (Lipinski definition) is 1. The van der Waals surface area contributed by atoms with Gasteiger partial charge in [-0.15, -0.1) is 0 Å². The van der Waals surface area contributed by atoms with Crippen LogP contribution in [0.5, 0.6) is 0 Å². The molecule has 112 valence electrons. The first kappa shape index (κ1) is 14.3. The fourth-order valence-corrected chi connectivity index (χ4v) is 2.40. The molecule has 5 nitrogen and oxygen atoms in total. The Bertz CT molecular complexity index is 823. The van der Waals surface area contributed by atoms with Gasteiger partial charge in [0, 0.05) is 7.05 Å². The molecular formula is C17H17N3O2. The van der Waals surface area contributed by atoms with Crippen molar-refractivity contribution in [3.8, 4) is 5.69 Å². The molecular weight excluding hydrogens is 278 g/mol. The van der Waals surface area contributed by atoms with Crippen LogP contribution in [-0.2, 0) is 7.05 Å². The van der Waals surface area contributed by atoms with Crippen molar-refractivity contribution in [3.63, 3.8) is 0 Å². The second kappa shape index (κ2) is 5.61. The first-order valence-electron chi connectivity index (χ1n) is 7.05. The number of benzene rings is 1. The van der Waals surface area contributed by atoms with E-state index in [2.05, 4.69) is 4.99 Å². The van der Waals surface area contributed by atoms with Gasteiger partial charge in [-0.1, -0.05) is 30.4 Å². The van der Waals surface area contributed by atoms with Crippen LogP contribution in [0.4, 0.5) is 5.69 Å². The lowest BCUT2D eigenvalue weighted by atomic mass is 10.1. The van der Waals surface area contributed by atoms with Crippen LogP contribution in [0, 0.1) is 6.92 Å². The molecule has 1 heterocycles. The quantitative estimate of drug-likeness (QED) is 0.921. The first-order chi connectivity index (χ1) is 10.6. The lowest BCUT2D eigenvalue weighted by molar-refractivity contribution is 0.271. The molecule has 1 aliphatic rings. The third-order valence-electron chi connectivity index (χ3n) is 3.69. The molecule has 0 aliphatic heterocycles. The van der Waals surface area contributed by atoms with E-state index in [0.717, 1.165) is 11.4 Å². The fourth-order valence-electron chi connectivity index (χ4n) is 2.40. The van der Waals surface area contributed by atoms with Gasteiger partial charge >= 0.3 is 0 Å². The number of para-hydroxylation sites is 1. The van der Waals surface area contributed by atoms with Gasteiger partial charge in [0.1, 0.15) is 0 Å². The molecule has 0 atom stereocenters. The van der Waals surface area contributed by atoms with Crippen LogP contribution in [-0.4, -0.2) is 26.3 Å². The summed E-state index contributed by atoms with van der Waals surface area (Å²) in [5.74, 6) is 0. The van der Waals surface area contributed by atoms with Crippen LogP contribution in [0.1, 0.15) is 5.69 Å². The molecule has 2 aromatic rings. The van der Waals surface area contributed by atoms with Crippen LogP contribution in [0.3, 0.4) is 0 Å². The second-order valence-corrected chi connectivity index (χ2v) is 5.16. The predicted octanol–water partition coefficient (Wildman–Crippen LogP) is 2.04. The minimum Gasteiger partial charge on any atom is -0.385 e. The Hall–Kier alpha value is -2.66. The van der Waals surface area contributed by atoms with Gasteiger partial charge < -0.3 is 5.11 Å². The molecule has 0 fully saturated rings. The topological polar surface area (TPSA) is 59.5 Å². The van der Waals surface area contributed by atoms with Crippen LogP contribution < -0.4 is 5.56 Å². The summed E-state index contributed by atoms with van der Waals surface area (Å²) in [5, 5.41) is 9.40. The predicted molar refractivity (Wildman–Crippen MR) is 87.1 cm³/mol. The van der Waals surface area contributed by atoms with Crippen LogP contribution in [0.2, 0.25) is 0 Å². The number of aliphatic imine (C=N–C) groups is 1. The van der Waals surface area contributed by atoms with E-state index in [4.69, 9.17) is 0 Å². The number of hydrogen-bond acceptors (Lipinski definition) is 3. The summed E-state index contributed by atoms with van der Waals surface area (Å²) in [6, 6.07) is 9.46. The van der Waals surface area contributed by atoms with E-state index in [9.17, 15) is 9.90 Å². The maximum absolute atomic E-state index is 12.7. The fraction of sp³-hybridized carbons (Fsp3) is 0.176. The molecule has 22 heavy (non-hydrogen) atoms. The van der Waals surface area contributed by atoms with Crippen molar-refractivity contribution >= 4 is 11.4 Å². The molecule has 1 aromatic heterocycles. The highest BCUT2D eigenvalue weighted by Crippen LogP contribution is 2.17. The van der Waals surface area contributed by atoms with E-state index in [-0.39, 0.29) is 5.56 Å². The van der Waals surface area contributed by atoms with Gasteiger partial charge in [-0.2, -0.15) is 0 Å². The molecule has 0 spiro atoms. The Morgan fingerprint density at radius 3 is 2.41 bits per heavy atom. The summed E-state index contributed by atoms with van der Waals surface area (Å²) in [6.07, 6.45) is 6.10. The molecule has 0 saturated carbocycles. The number of allylic oxidation sites excluding steroid dienone is 2. The maximum atomic E-state index is 12.7. The molecule has 0 bridgehead atoms. The van der Waals surface area contributed by atoms with Gasteiger partial charge in [0.15, 0.2) is 5.69 Å². The standard InChI is InChI=1S/C17H17N3O2/c1-12-16(18-13-8-10-15(21)11-9-13)17(22)20(19(12)2)14-6-4-3-5-7-14/h3-11,15,21H,1-2H3. The molecule has 0 unspecified atom stereocenters. The highest BCUT2D eigenvalue weighted by atomic mass is 16.3. The summed E-state index contributed by atoms with van der Waals surface area (Å²) in [4.78, 5) is 17.1. The lowest BCUT2D eigenvalue weighted by Gasteiger charge is -2.07. The Balaban J connectivity index is 2.12. The second-order valence-electron chi connectivity index (χ2n) is 5.16. The van der Waals surface area contributed by atoms with Crippen molar-refractivity contribution in [1.29, 1.82) is 0 Å². The summed E-state index contributed by atoms with van der Waals surface area (Å²) in [7, 11) is 1.84. The van der Waals surface area contributed by atoms with Crippen molar-refractivity contribution < 1.29 is 5.11 Å². The van der Waals surface area contributed by atoms with E-state index in [0.29, 0.717) is 11.4 Å². The molecule has 1 aliphatic carbocycles. The number of aliphatic hydroxyl groups excluding tert-OH is 1. The summed E-state index contributed by atoms with van der Waals surface area (Å²) < 4.78 is 3.39. The van der Waals surface area contributed by atoms with Crippen molar-refractivity contribution in [2.75, 3.05) is 0 Å². The zero-order chi connectivity index (χ0) is 15.7. The zero-order valence-corrected chi connectivity index (χ0v) is 12.5.